The van der Waals surface area contributed by atoms with E-state index in [-0.39, 0.29) is 6.04 Å². The average molecular weight is 228 g/mol. The molecule has 1 aliphatic rings. The Morgan fingerprint density at radius 3 is 2.50 bits per heavy atom. The van der Waals surface area contributed by atoms with Gasteiger partial charge in [0.25, 0.3) is 0 Å². The standard InChI is InChI=1S/C12H24N2O2/c1-9-3-5-10(6-4-9)7-11(8-13-2)14-12(15)16/h9-11,13-14H,3-8H2,1-2H3,(H,15,16)/t9?,10?,11-/m0/s1. The highest BCUT2D eigenvalue weighted by Gasteiger charge is 2.22. The third-order valence-electron chi connectivity index (χ3n) is 3.53. The molecule has 4 nitrogen and oxygen atoms in total. The van der Waals surface area contributed by atoms with Gasteiger partial charge in [-0.15, -0.1) is 0 Å². The molecule has 0 unspecified atom stereocenters. The summed E-state index contributed by atoms with van der Waals surface area (Å²) in [5.74, 6) is 1.55. The summed E-state index contributed by atoms with van der Waals surface area (Å²) in [4.78, 5) is 10.6. The number of hydrogen-bond donors (Lipinski definition) is 3. The number of carboxylic acid groups (broad SMARTS) is 1. The second-order valence-corrected chi connectivity index (χ2v) is 5.07. The van der Waals surface area contributed by atoms with Crippen LogP contribution >= 0.6 is 0 Å². The van der Waals surface area contributed by atoms with Gasteiger partial charge in [-0.1, -0.05) is 32.6 Å². The molecule has 4 heteroatoms. The highest BCUT2D eigenvalue weighted by molar-refractivity contribution is 5.64. The summed E-state index contributed by atoms with van der Waals surface area (Å²) >= 11 is 0. The second kappa shape index (κ2) is 6.74. The monoisotopic (exact) mass is 228 g/mol. The van der Waals surface area contributed by atoms with Crippen molar-refractivity contribution in [3.05, 3.63) is 0 Å². The van der Waals surface area contributed by atoms with Crippen LogP contribution < -0.4 is 10.6 Å². The zero-order valence-electron chi connectivity index (χ0n) is 10.3. The molecule has 0 heterocycles. The van der Waals surface area contributed by atoms with Gasteiger partial charge in [-0.25, -0.2) is 4.79 Å². The van der Waals surface area contributed by atoms with E-state index in [2.05, 4.69) is 17.6 Å². The summed E-state index contributed by atoms with van der Waals surface area (Å²) in [6, 6.07) is 0.0564. The number of likely N-dealkylation sites (N-methyl/N-ethyl adjacent to an activating group) is 1. The molecule has 1 fully saturated rings. The molecule has 0 spiro atoms. The molecular formula is C12H24N2O2. The first kappa shape index (κ1) is 13.3. The van der Waals surface area contributed by atoms with Crippen LogP contribution in [0.15, 0.2) is 0 Å². The van der Waals surface area contributed by atoms with Gasteiger partial charge in [0.2, 0.25) is 0 Å². The molecule has 0 saturated heterocycles. The van der Waals surface area contributed by atoms with Gasteiger partial charge < -0.3 is 15.7 Å². The van der Waals surface area contributed by atoms with Crippen molar-refractivity contribution >= 4 is 6.09 Å². The van der Waals surface area contributed by atoms with Crippen LogP contribution in [0, 0.1) is 11.8 Å². The van der Waals surface area contributed by atoms with Crippen LogP contribution in [0.5, 0.6) is 0 Å². The molecular weight excluding hydrogens is 204 g/mol. The van der Waals surface area contributed by atoms with Crippen molar-refractivity contribution in [1.29, 1.82) is 0 Å². The Bertz CT molecular complexity index is 213. The van der Waals surface area contributed by atoms with E-state index >= 15 is 0 Å². The molecule has 0 radical (unpaired) electrons. The van der Waals surface area contributed by atoms with E-state index in [0.717, 1.165) is 18.9 Å². The van der Waals surface area contributed by atoms with Gasteiger partial charge in [0.15, 0.2) is 0 Å². The predicted octanol–water partition coefficient (Wildman–Crippen LogP) is 2.06. The summed E-state index contributed by atoms with van der Waals surface area (Å²) < 4.78 is 0. The van der Waals surface area contributed by atoms with Crippen molar-refractivity contribution < 1.29 is 9.90 Å². The molecule has 94 valence electrons. The van der Waals surface area contributed by atoms with Gasteiger partial charge in [0, 0.05) is 12.6 Å². The van der Waals surface area contributed by atoms with Gasteiger partial charge in [-0.05, 0) is 25.3 Å². The topological polar surface area (TPSA) is 61.4 Å². The minimum atomic E-state index is -0.913. The van der Waals surface area contributed by atoms with Gasteiger partial charge >= 0.3 is 6.09 Å². The maximum Gasteiger partial charge on any atom is 0.404 e. The highest BCUT2D eigenvalue weighted by Crippen LogP contribution is 2.30. The van der Waals surface area contributed by atoms with Crippen molar-refractivity contribution in [3.63, 3.8) is 0 Å². The third-order valence-corrected chi connectivity index (χ3v) is 3.53. The number of carbonyl (C=O) groups is 1. The Balaban J connectivity index is 2.32. The fraction of sp³-hybridized carbons (Fsp3) is 0.917. The second-order valence-electron chi connectivity index (χ2n) is 5.07. The van der Waals surface area contributed by atoms with E-state index in [1.807, 2.05) is 7.05 Å². The lowest BCUT2D eigenvalue weighted by atomic mass is 9.80. The van der Waals surface area contributed by atoms with Crippen LogP contribution in [0.1, 0.15) is 39.0 Å². The molecule has 0 aromatic rings. The first-order valence-electron chi connectivity index (χ1n) is 6.26. The lowest BCUT2D eigenvalue weighted by Crippen LogP contribution is -2.42. The third kappa shape index (κ3) is 4.84. The van der Waals surface area contributed by atoms with E-state index < -0.39 is 6.09 Å². The van der Waals surface area contributed by atoms with Crippen molar-refractivity contribution in [2.45, 2.75) is 45.1 Å². The average Bonchev–Trinajstić information content (AvgIpc) is 2.21. The minimum Gasteiger partial charge on any atom is -0.465 e. The molecule has 0 bridgehead atoms. The quantitative estimate of drug-likeness (QED) is 0.675. The highest BCUT2D eigenvalue weighted by atomic mass is 16.4. The van der Waals surface area contributed by atoms with Crippen LogP contribution in [0.3, 0.4) is 0 Å². The van der Waals surface area contributed by atoms with Crippen molar-refractivity contribution in [2.24, 2.45) is 11.8 Å². The number of hydrogen-bond acceptors (Lipinski definition) is 2. The Morgan fingerprint density at radius 1 is 1.38 bits per heavy atom. The summed E-state index contributed by atoms with van der Waals surface area (Å²) in [6.45, 7) is 3.02. The largest absolute Gasteiger partial charge is 0.465 e. The molecule has 0 aliphatic heterocycles. The first-order valence-corrected chi connectivity index (χ1v) is 6.26. The maximum absolute atomic E-state index is 10.6. The normalized spacial score (nSPS) is 27.4. The van der Waals surface area contributed by atoms with E-state index in [9.17, 15) is 4.79 Å². The SMILES string of the molecule is CNC[C@H](CC1CCC(C)CC1)NC(=O)O. The summed E-state index contributed by atoms with van der Waals surface area (Å²) in [5.41, 5.74) is 0. The van der Waals surface area contributed by atoms with Crippen molar-refractivity contribution in [1.82, 2.24) is 10.6 Å². The molecule has 0 aromatic heterocycles. The van der Waals surface area contributed by atoms with E-state index in [4.69, 9.17) is 5.11 Å². The molecule has 16 heavy (non-hydrogen) atoms. The van der Waals surface area contributed by atoms with Gasteiger partial charge in [0.1, 0.15) is 0 Å². The smallest absolute Gasteiger partial charge is 0.404 e. The molecule has 0 aromatic carbocycles. The Labute approximate surface area is 97.8 Å². The molecule has 1 aliphatic carbocycles. The zero-order valence-corrected chi connectivity index (χ0v) is 10.3. The Hall–Kier alpha value is -0.770. The summed E-state index contributed by atoms with van der Waals surface area (Å²) in [5, 5.41) is 14.4. The van der Waals surface area contributed by atoms with Crippen LogP contribution in [0.2, 0.25) is 0 Å². The Morgan fingerprint density at radius 2 is 2.00 bits per heavy atom. The van der Waals surface area contributed by atoms with Gasteiger partial charge in [0.05, 0.1) is 0 Å². The molecule has 1 amide bonds. The van der Waals surface area contributed by atoms with Gasteiger partial charge in [-0.3, -0.25) is 0 Å². The summed E-state index contributed by atoms with van der Waals surface area (Å²) in [6.07, 6.45) is 5.16. The minimum absolute atomic E-state index is 0.0564. The van der Waals surface area contributed by atoms with Crippen molar-refractivity contribution in [2.75, 3.05) is 13.6 Å². The predicted molar refractivity (Wildman–Crippen MR) is 64.6 cm³/mol. The van der Waals surface area contributed by atoms with Crippen LogP contribution in [-0.4, -0.2) is 30.8 Å². The molecule has 3 N–H and O–H groups in total. The fourth-order valence-electron chi connectivity index (χ4n) is 2.58. The molecule has 1 rings (SSSR count). The van der Waals surface area contributed by atoms with Crippen LogP contribution in [0.4, 0.5) is 4.79 Å². The number of amides is 1. The summed E-state index contributed by atoms with van der Waals surface area (Å²) in [7, 11) is 1.86. The molecule has 1 atom stereocenters. The van der Waals surface area contributed by atoms with Crippen molar-refractivity contribution in [3.8, 4) is 0 Å². The number of nitrogens with one attached hydrogen (secondary N) is 2. The van der Waals surface area contributed by atoms with Crippen LogP contribution in [-0.2, 0) is 0 Å². The van der Waals surface area contributed by atoms with E-state index in [1.165, 1.54) is 25.7 Å². The number of rotatable bonds is 5. The van der Waals surface area contributed by atoms with E-state index in [1.54, 1.807) is 0 Å². The van der Waals surface area contributed by atoms with E-state index in [0.29, 0.717) is 5.92 Å². The zero-order chi connectivity index (χ0) is 12.0. The lowest BCUT2D eigenvalue weighted by Gasteiger charge is -2.29. The Kier molecular flexibility index (Phi) is 5.60. The van der Waals surface area contributed by atoms with Crippen LogP contribution in [0.25, 0.3) is 0 Å². The van der Waals surface area contributed by atoms with Gasteiger partial charge in [-0.2, -0.15) is 0 Å². The maximum atomic E-state index is 10.6. The molecule has 1 saturated carbocycles. The lowest BCUT2D eigenvalue weighted by molar-refractivity contribution is 0.183. The first-order chi connectivity index (χ1) is 7.61. The fourth-order valence-corrected chi connectivity index (χ4v) is 2.58.